The molecule has 0 aromatic carbocycles. The van der Waals surface area contributed by atoms with Crippen LogP contribution in [-0.4, -0.2) is 49.2 Å². The van der Waals surface area contributed by atoms with Gasteiger partial charge in [0.1, 0.15) is 0 Å². The van der Waals surface area contributed by atoms with E-state index in [1.54, 1.807) is 0 Å². The Morgan fingerprint density at radius 3 is 2.27 bits per heavy atom. The van der Waals surface area contributed by atoms with Crippen molar-refractivity contribution in [3.8, 4) is 0 Å². The highest BCUT2D eigenvalue weighted by Gasteiger charge is 2.27. The van der Waals surface area contributed by atoms with Crippen molar-refractivity contribution in [2.45, 2.75) is 76.4 Å². The summed E-state index contributed by atoms with van der Waals surface area (Å²) in [5.41, 5.74) is 0. The Kier molecular flexibility index (Phi) is 6.13. The zero-order valence-corrected chi connectivity index (χ0v) is 13.9. The van der Waals surface area contributed by atoms with E-state index in [0.29, 0.717) is 18.1 Å². The number of hydrogen-bond acceptors (Lipinski definition) is 3. The predicted molar refractivity (Wildman–Crippen MR) is 87.8 cm³/mol. The summed E-state index contributed by atoms with van der Waals surface area (Å²) in [6.45, 7) is 4.07. The Hall–Kier alpha value is -0.610. The molecule has 3 aliphatic rings. The summed E-state index contributed by atoms with van der Waals surface area (Å²) in [6.07, 6.45) is 12.4. The fourth-order valence-electron chi connectivity index (χ4n) is 4.19. The van der Waals surface area contributed by atoms with Gasteiger partial charge in [-0.15, -0.1) is 0 Å². The van der Waals surface area contributed by atoms with Gasteiger partial charge in [-0.2, -0.15) is 0 Å². The normalized spacial score (nSPS) is 25.7. The maximum Gasteiger partial charge on any atom is 0.222 e. The van der Waals surface area contributed by atoms with Crippen molar-refractivity contribution in [1.82, 2.24) is 10.2 Å². The van der Waals surface area contributed by atoms with Crippen molar-refractivity contribution in [2.75, 3.05) is 26.2 Å². The van der Waals surface area contributed by atoms with Crippen molar-refractivity contribution < 1.29 is 9.53 Å². The SMILES string of the molecule is O=C(CCC1CCNCC1)N1CCC(OC2CCCC2)CC1. The highest BCUT2D eigenvalue weighted by molar-refractivity contribution is 5.76. The van der Waals surface area contributed by atoms with E-state index >= 15 is 0 Å². The molecule has 1 aliphatic carbocycles. The number of nitrogens with zero attached hydrogens (tertiary/aromatic N) is 1. The first-order valence-corrected chi connectivity index (χ1v) is 9.45. The number of rotatable bonds is 5. The molecule has 1 N–H and O–H groups in total. The van der Waals surface area contributed by atoms with Crippen LogP contribution in [0.25, 0.3) is 0 Å². The summed E-state index contributed by atoms with van der Waals surface area (Å²) in [5, 5.41) is 3.39. The zero-order valence-electron chi connectivity index (χ0n) is 13.9. The quantitative estimate of drug-likeness (QED) is 0.849. The number of ether oxygens (including phenoxy) is 1. The number of piperidine rings is 2. The molecule has 2 aliphatic heterocycles. The molecule has 0 radical (unpaired) electrons. The van der Waals surface area contributed by atoms with Gasteiger partial charge in [-0.05, 0) is 64.0 Å². The van der Waals surface area contributed by atoms with Crippen molar-refractivity contribution in [1.29, 1.82) is 0 Å². The summed E-state index contributed by atoms with van der Waals surface area (Å²) in [6, 6.07) is 0. The Bertz CT molecular complexity index is 341. The molecule has 0 spiro atoms. The summed E-state index contributed by atoms with van der Waals surface area (Å²) < 4.78 is 6.19. The molecule has 0 aromatic rings. The molecule has 1 amide bonds. The first kappa shape index (κ1) is 16.3. The number of likely N-dealkylation sites (tertiary alicyclic amines) is 1. The summed E-state index contributed by atoms with van der Waals surface area (Å²) >= 11 is 0. The molecule has 3 fully saturated rings. The molecule has 126 valence electrons. The van der Waals surface area contributed by atoms with Crippen molar-refractivity contribution in [3.05, 3.63) is 0 Å². The van der Waals surface area contributed by atoms with Crippen LogP contribution in [-0.2, 0) is 9.53 Å². The van der Waals surface area contributed by atoms with Gasteiger partial charge in [-0.25, -0.2) is 0 Å². The molecule has 22 heavy (non-hydrogen) atoms. The molecule has 1 saturated carbocycles. The Morgan fingerprint density at radius 2 is 1.59 bits per heavy atom. The lowest BCUT2D eigenvalue weighted by molar-refractivity contribution is -0.135. The highest BCUT2D eigenvalue weighted by atomic mass is 16.5. The molecular formula is C18H32N2O2. The second kappa shape index (κ2) is 8.30. The van der Waals surface area contributed by atoms with Gasteiger partial charge in [0, 0.05) is 19.5 Å². The van der Waals surface area contributed by atoms with Crippen LogP contribution in [0.15, 0.2) is 0 Å². The fraction of sp³-hybridized carbons (Fsp3) is 0.944. The van der Waals surface area contributed by atoms with Crippen LogP contribution >= 0.6 is 0 Å². The van der Waals surface area contributed by atoms with Gasteiger partial charge < -0.3 is 15.0 Å². The van der Waals surface area contributed by atoms with Crippen LogP contribution in [0.2, 0.25) is 0 Å². The lowest BCUT2D eigenvalue weighted by Gasteiger charge is -2.33. The Morgan fingerprint density at radius 1 is 0.955 bits per heavy atom. The zero-order chi connectivity index (χ0) is 15.2. The first-order valence-electron chi connectivity index (χ1n) is 9.45. The van der Waals surface area contributed by atoms with Crippen LogP contribution in [0.1, 0.15) is 64.2 Å². The molecule has 4 heteroatoms. The predicted octanol–water partition coefficient (Wildman–Crippen LogP) is 2.72. The van der Waals surface area contributed by atoms with E-state index in [0.717, 1.165) is 57.8 Å². The van der Waals surface area contributed by atoms with Gasteiger partial charge in [0.15, 0.2) is 0 Å². The summed E-state index contributed by atoms with van der Waals surface area (Å²) in [7, 11) is 0. The maximum atomic E-state index is 12.4. The third kappa shape index (κ3) is 4.69. The molecular weight excluding hydrogens is 276 g/mol. The molecule has 0 aromatic heterocycles. The minimum absolute atomic E-state index is 0.373. The molecule has 0 bridgehead atoms. The van der Waals surface area contributed by atoms with E-state index in [-0.39, 0.29) is 0 Å². The molecule has 0 unspecified atom stereocenters. The van der Waals surface area contributed by atoms with Crippen molar-refractivity contribution >= 4 is 5.91 Å². The molecule has 2 heterocycles. The second-order valence-electron chi connectivity index (χ2n) is 7.35. The van der Waals surface area contributed by atoms with Crippen LogP contribution < -0.4 is 5.32 Å². The number of carbonyl (C=O) groups is 1. The second-order valence-corrected chi connectivity index (χ2v) is 7.35. The summed E-state index contributed by atoms with van der Waals surface area (Å²) in [5.74, 6) is 1.13. The van der Waals surface area contributed by atoms with Crippen molar-refractivity contribution in [3.63, 3.8) is 0 Å². The van der Waals surface area contributed by atoms with E-state index in [9.17, 15) is 4.79 Å². The van der Waals surface area contributed by atoms with E-state index < -0.39 is 0 Å². The third-order valence-corrected chi connectivity index (χ3v) is 5.71. The van der Waals surface area contributed by atoms with Crippen LogP contribution in [0, 0.1) is 5.92 Å². The van der Waals surface area contributed by atoms with Crippen molar-refractivity contribution in [2.24, 2.45) is 5.92 Å². The highest BCUT2D eigenvalue weighted by Crippen LogP contribution is 2.26. The number of amides is 1. The number of nitrogens with one attached hydrogen (secondary N) is 1. The van der Waals surface area contributed by atoms with Crippen LogP contribution in [0.3, 0.4) is 0 Å². The number of carbonyl (C=O) groups excluding carboxylic acids is 1. The molecule has 0 atom stereocenters. The molecule has 2 saturated heterocycles. The van der Waals surface area contributed by atoms with Crippen LogP contribution in [0.5, 0.6) is 0 Å². The standard InChI is InChI=1S/C18H32N2O2/c21-18(6-5-15-7-11-19-12-8-15)20-13-9-17(10-14-20)22-16-3-1-2-4-16/h15-17,19H,1-14H2. The third-order valence-electron chi connectivity index (χ3n) is 5.71. The topological polar surface area (TPSA) is 41.6 Å². The van der Waals surface area contributed by atoms with Gasteiger partial charge >= 0.3 is 0 Å². The van der Waals surface area contributed by atoms with Gasteiger partial charge in [-0.1, -0.05) is 12.8 Å². The molecule has 4 nitrogen and oxygen atoms in total. The van der Waals surface area contributed by atoms with E-state index in [2.05, 4.69) is 10.2 Å². The first-order chi connectivity index (χ1) is 10.8. The lowest BCUT2D eigenvalue weighted by atomic mass is 9.93. The lowest BCUT2D eigenvalue weighted by Crippen LogP contribution is -2.41. The number of hydrogen-bond donors (Lipinski definition) is 1. The largest absolute Gasteiger partial charge is 0.375 e. The minimum Gasteiger partial charge on any atom is -0.375 e. The van der Waals surface area contributed by atoms with E-state index in [1.807, 2.05) is 0 Å². The average Bonchev–Trinajstić information content (AvgIpc) is 3.07. The maximum absolute atomic E-state index is 12.4. The minimum atomic E-state index is 0.373. The fourth-order valence-corrected chi connectivity index (χ4v) is 4.19. The van der Waals surface area contributed by atoms with Gasteiger partial charge in [0.2, 0.25) is 5.91 Å². The van der Waals surface area contributed by atoms with E-state index in [4.69, 9.17) is 4.74 Å². The van der Waals surface area contributed by atoms with Crippen LogP contribution in [0.4, 0.5) is 0 Å². The Labute approximate surface area is 135 Å². The molecule has 3 rings (SSSR count). The summed E-state index contributed by atoms with van der Waals surface area (Å²) in [4.78, 5) is 14.4. The average molecular weight is 308 g/mol. The van der Waals surface area contributed by atoms with Gasteiger partial charge in [0.25, 0.3) is 0 Å². The van der Waals surface area contributed by atoms with Gasteiger partial charge in [-0.3, -0.25) is 4.79 Å². The Balaban J connectivity index is 1.32. The van der Waals surface area contributed by atoms with Gasteiger partial charge in [0.05, 0.1) is 12.2 Å². The monoisotopic (exact) mass is 308 g/mol. The van der Waals surface area contributed by atoms with E-state index in [1.165, 1.54) is 38.5 Å². The smallest absolute Gasteiger partial charge is 0.222 e.